The molecule has 2 aliphatic rings. The Morgan fingerprint density at radius 3 is 2.21 bits per heavy atom. The Kier molecular flexibility index (Phi) is 8.67. The van der Waals surface area contributed by atoms with Crippen LogP contribution in [0.25, 0.3) is 0 Å². The molecule has 0 bridgehead atoms. The van der Waals surface area contributed by atoms with Crippen molar-refractivity contribution in [2.24, 2.45) is 0 Å². The molecular formula is C22H32O11. The van der Waals surface area contributed by atoms with Crippen LogP contribution in [0.1, 0.15) is 12.5 Å². The van der Waals surface area contributed by atoms with Gasteiger partial charge in [0.15, 0.2) is 17.8 Å². The van der Waals surface area contributed by atoms with Gasteiger partial charge >= 0.3 is 0 Å². The largest absolute Gasteiger partial charge is 0.493 e. The van der Waals surface area contributed by atoms with Gasteiger partial charge < -0.3 is 54.3 Å². The Labute approximate surface area is 191 Å². The zero-order valence-corrected chi connectivity index (χ0v) is 18.4. The third kappa shape index (κ3) is 5.65. The summed E-state index contributed by atoms with van der Waals surface area (Å²) < 4.78 is 27.5. The minimum Gasteiger partial charge on any atom is -0.493 e. The Balaban J connectivity index is 1.68. The van der Waals surface area contributed by atoms with Gasteiger partial charge in [0.2, 0.25) is 6.29 Å². The number of aliphatic hydroxyl groups is 6. The molecule has 1 aromatic rings. The number of rotatable bonds is 8. The van der Waals surface area contributed by atoms with E-state index in [1.807, 2.05) is 0 Å². The molecule has 2 fully saturated rings. The van der Waals surface area contributed by atoms with E-state index in [9.17, 15) is 30.6 Å². The highest BCUT2D eigenvalue weighted by Gasteiger charge is 2.47. The normalized spacial score (nSPS) is 39.2. The highest BCUT2D eigenvalue weighted by Crippen LogP contribution is 2.32. The molecule has 186 valence electrons. The minimum atomic E-state index is -1.62. The lowest BCUT2D eigenvalue weighted by atomic mass is 9.98. The lowest BCUT2D eigenvalue weighted by Crippen LogP contribution is -2.61. The molecule has 11 heteroatoms. The van der Waals surface area contributed by atoms with Gasteiger partial charge in [-0.05, 0) is 31.0 Å². The summed E-state index contributed by atoms with van der Waals surface area (Å²) in [7, 11) is 1.45. The third-order valence-corrected chi connectivity index (χ3v) is 5.75. The number of benzene rings is 1. The summed E-state index contributed by atoms with van der Waals surface area (Å²) in [6.07, 6.45) is -11.4. The van der Waals surface area contributed by atoms with E-state index in [1.54, 1.807) is 24.3 Å². The van der Waals surface area contributed by atoms with Crippen molar-refractivity contribution >= 4 is 0 Å². The van der Waals surface area contributed by atoms with E-state index in [4.69, 9.17) is 23.7 Å². The van der Waals surface area contributed by atoms with Gasteiger partial charge in [-0.15, -0.1) is 6.58 Å². The first kappa shape index (κ1) is 25.8. The molecule has 0 unspecified atom stereocenters. The number of methoxy groups -OCH3 is 1. The van der Waals surface area contributed by atoms with E-state index in [0.29, 0.717) is 12.2 Å². The fourth-order valence-corrected chi connectivity index (χ4v) is 3.72. The lowest BCUT2D eigenvalue weighted by Gasteiger charge is -2.42. The number of allylic oxidation sites excluding steroid dienone is 1. The second-order valence-corrected chi connectivity index (χ2v) is 8.13. The van der Waals surface area contributed by atoms with Crippen molar-refractivity contribution in [2.75, 3.05) is 13.7 Å². The Morgan fingerprint density at radius 1 is 0.879 bits per heavy atom. The van der Waals surface area contributed by atoms with Crippen LogP contribution in [-0.4, -0.2) is 106 Å². The molecule has 6 N–H and O–H groups in total. The van der Waals surface area contributed by atoms with E-state index < -0.39 is 61.4 Å². The van der Waals surface area contributed by atoms with E-state index in [1.165, 1.54) is 14.0 Å². The fourth-order valence-electron chi connectivity index (χ4n) is 3.72. The Bertz CT molecular complexity index is 790. The minimum absolute atomic E-state index is 0.245. The predicted octanol–water partition coefficient (Wildman–Crippen LogP) is -1.55. The van der Waals surface area contributed by atoms with Crippen molar-refractivity contribution in [3.8, 4) is 11.5 Å². The summed E-state index contributed by atoms with van der Waals surface area (Å²) in [5.41, 5.74) is 0.925. The summed E-state index contributed by atoms with van der Waals surface area (Å²) in [6.45, 7) is 4.81. The second kappa shape index (κ2) is 11.1. The standard InChI is InChI=1S/C22H32O11/c1-4-5-11-6-7-12(13(8-11)29-3)32-22-20(28)18(26)16(24)14(33-22)9-30-21-19(27)17(25)15(23)10(2)31-21/h4,6-8,10,14-28H,1,5,9H2,2-3H3/t10-,14+,15-,16+,17+,18-,19+,20+,21+,22+/m0/s1. The van der Waals surface area contributed by atoms with Crippen LogP contribution >= 0.6 is 0 Å². The van der Waals surface area contributed by atoms with Gasteiger partial charge in [0.25, 0.3) is 0 Å². The number of hydrogen-bond acceptors (Lipinski definition) is 11. The van der Waals surface area contributed by atoms with Crippen molar-refractivity contribution < 1.29 is 54.3 Å². The molecule has 0 spiro atoms. The Morgan fingerprint density at radius 2 is 1.55 bits per heavy atom. The first-order valence-corrected chi connectivity index (χ1v) is 10.6. The SMILES string of the molecule is C=CCc1ccc(O[C@@H]2O[C@H](CO[C@@H]3O[C@@H](C)[C@H](O)[C@@H](O)[C@H]3O)[C@@H](O)[C@H](O)[C@H]2O)c(OC)c1. The monoisotopic (exact) mass is 472 g/mol. The molecule has 0 saturated carbocycles. The smallest absolute Gasteiger partial charge is 0.229 e. The van der Waals surface area contributed by atoms with Gasteiger partial charge in [0, 0.05) is 0 Å². The molecule has 2 saturated heterocycles. The third-order valence-electron chi connectivity index (χ3n) is 5.75. The van der Waals surface area contributed by atoms with Crippen molar-refractivity contribution in [2.45, 2.75) is 74.8 Å². The maximum absolute atomic E-state index is 10.4. The molecule has 3 rings (SSSR count). The summed E-state index contributed by atoms with van der Waals surface area (Å²) in [4.78, 5) is 0. The quantitative estimate of drug-likeness (QED) is 0.243. The van der Waals surface area contributed by atoms with E-state index in [0.717, 1.165) is 5.56 Å². The average Bonchev–Trinajstić information content (AvgIpc) is 2.81. The molecular weight excluding hydrogens is 440 g/mol. The lowest BCUT2D eigenvalue weighted by molar-refractivity contribution is -0.318. The highest BCUT2D eigenvalue weighted by molar-refractivity contribution is 5.43. The van der Waals surface area contributed by atoms with Crippen molar-refractivity contribution in [1.29, 1.82) is 0 Å². The summed E-state index contributed by atoms with van der Waals surface area (Å²) in [5.74, 6) is 0.619. The second-order valence-electron chi connectivity index (χ2n) is 8.13. The van der Waals surface area contributed by atoms with Gasteiger partial charge in [-0.3, -0.25) is 0 Å². The molecule has 0 aliphatic carbocycles. The highest BCUT2D eigenvalue weighted by atomic mass is 16.7. The number of aliphatic hydroxyl groups excluding tert-OH is 6. The molecule has 10 atom stereocenters. The maximum Gasteiger partial charge on any atom is 0.229 e. The van der Waals surface area contributed by atoms with Gasteiger partial charge in [-0.2, -0.15) is 0 Å². The molecule has 2 heterocycles. The molecule has 2 aliphatic heterocycles. The first-order valence-electron chi connectivity index (χ1n) is 10.6. The molecule has 0 aromatic heterocycles. The summed E-state index contributed by atoms with van der Waals surface area (Å²) in [6, 6.07) is 5.14. The van der Waals surface area contributed by atoms with Crippen molar-refractivity contribution in [3.05, 3.63) is 36.4 Å². The van der Waals surface area contributed by atoms with Crippen LogP contribution in [0, 0.1) is 0 Å². The van der Waals surface area contributed by atoms with Crippen LogP contribution in [0.4, 0.5) is 0 Å². The van der Waals surface area contributed by atoms with Gasteiger partial charge in [-0.25, -0.2) is 0 Å². The van der Waals surface area contributed by atoms with Gasteiger partial charge in [-0.1, -0.05) is 12.1 Å². The van der Waals surface area contributed by atoms with E-state index >= 15 is 0 Å². The average molecular weight is 472 g/mol. The molecule has 33 heavy (non-hydrogen) atoms. The van der Waals surface area contributed by atoms with Gasteiger partial charge in [0.05, 0.1) is 19.8 Å². The zero-order valence-electron chi connectivity index (χ0n) is 18.4. The van der Waals surface area contributed by atoms with Gasteiger partial charge in [0.1, 0.15) is 42.7 Å². The van der Waals surface area contributed by atoms with Crippen LogP contribution < -0.4 is 9.47 Å². The summed E-state index contributed by atoms with van der Waals surface area (Å²) in [5, 5.41) is 60.8. The topological polar surface area (TPSA) is 168 Å². The van der Waals surface area contributed by atoms with E-state index in [2.05, 4.69) is 6.58 Å². The van der Waals surface area contributed by atoms with Crippen LogP contribution in [0.5, 0.6) is 11.5 Å². The predicted molar refractivity (Wildman–Crippen MR) is 113 cm³/mol. The molecule has 11 nitrogen and oxygen atoms in total. The van der Waals surface area contributed by atoms with Crippen LogP contribution in [0.15, 0.2) is 30.9 Å². The Hall–Kier alpha value is -1.80. The maximum atomic E-state index is 10.4. The van der Waals surface area contributed by atoms with E-state index in [-0.39, 0.29) is 12.4 Å². The molecule has 0 amide bonds. The van der Waals surface area contributed by atoms with Crippen LogP contribution in [0.2, 0.25) is 0 Å². The van der Waals surface area contributed by atoms with Crippen molar-refractivity contribution in [1.82, 2.24) is 0 Å². The first-order chi connectivity index (χ1) is 15.7. The summed E-state index contributed by atoms with van der Waals surface area (Å²) >= 11 is 0. The number of hydrogen-bond donors (Lipinski definition) is 6. The molecule has 0 radical (unpaired) electrons. The van der Waals surface area contributed by atoms with Crippen LogP contribution in [0.3, 0.4) is 0 Å². The fraction of sp³-hybridized carbons (Fsp3) is 0.636. The van der Waals surface area contributed by atoms with Crippen LogP contribution in [-0.2, 0) is 20.6 Å². The molecule has 1 aromatic carbocycles. The zero-order chi connectivity index (χ0) is 24.3. The van der Waals surface area contributed by atoms with Crippen molar-refractivity contribution in [3.63, 3.8) is 0 Å². The number of ether oxygens (including phenoxy) is 5.